The van der Waals surface area contributed by atoms with Crippen molar-refractivity contribution in [2.24, 2.45) is 0 Å². The minimum Gasteiger partial charge on any atom is -0.381 e. The molecule has 1 aromatic heterocycles. The molecule has 0 unspecified atom stereocenters. The first-order valence-electron chi connectivity index (χ1n) is 8.21. The lowest BCUT2D eigenvalue weighted by Crippen LogP contribution is -2.26. The van der Waals surface area contributed by atoms with E-state index in [0.717, 1.165) is 0 Å². The van der Waals surface area contributed by atoms with Crippen molar-refractivity contribution in [2.45, 2.75) is 23.2 Å². The zero-order valence-electron chi connectivity index (χ0n) is 15.0. The van der Waals surface area contributed by atoms with Gasteiger partial charge in [-0.05, 0) is 48.4 Å². The number of anilines is 1. The minimum atomic E-state index is -4.33. The largest absolute Gasteiger partial charge is 0.446 e. The van der Waals surface area contributed by atoms with Gasteiger partial charge in [0, 0.05) is 24.6 Å². The van der Waals surface area contributed by atoms with Crippen LogP contribution in [0.2, 0.25) is 0 Å². The van der Waals surface area contributed by atoms with Gasteiger partial charge in [0.2, 0.25) is 5.91 Å². The number of carbonyl (C=O) groups excluding carboxylic acids is 1. The molecule has 28 heavy (non-hydrogen) atoms. The number of amides is 1. The van der Waals surface area contributed by atoms with Crippen LogP contribution in [0, 0.1) is 11.3 Å². The van der Waals surface area contributed by atoms with Crippen LogP contribution >= 0.6 is 11.8 Å². The van der Waals surface area contributed by atoms with E-state index in [1.165, 1.54) is 35.2 Å². The van der Waals surface area contributed by atoms with Crippen LogP contribution in [-0.4, -0.2) is 40.1 Å². The molecule has 2 rings (SSSR count). The Morgan fingerprint density at radius 1 is 1.39 bits per heavy atom. The number of halogens is 3. The second-order valence-electron chi connectivity index (χ2n) is 5.89. The highest BCUT2D eigenvalue weighted by atomic mass is 32.2. The fourth-order valence-electron chi connectivity index (χ4n) is 2.38. The maximum atomic E-state index is 12.3. The van der Waals surface area contributed by atoms with Crippen LogP contribution in [0.1, 0.15) is 23.2 Å². The van der Waals surface area contributed by atoms with Gasteiger partial charge in [-0.15, -0.1) is 0 Å². The average molecular weight is 409 g/mol. The summed E-state index contributed by atoms with van der Waals surface area (Å²) < 4.78 is 36.9. The van der Waals surface area contributed by atoms with Gasteiger partial charge in [-0.25, -0.2) is 0 Å². The molecule has 10 heteroatoms. The molecule has 0 aliphatic heterocycles. The first-order chi connectivity index (χ1) is 13.2. The Kier molecular flexibility index (Phi) is 7.12. The number of hydrogen-bond donors (Lipinski definition) is 2. The molecule has 0 bridgehead atoms. The van der Waals surface area contributed by atoms with E-state index in [9.17, 15) is 18.0 Å². The zero-order chi connectivity index (χ0) is 20.7. The van der Waals surface area contributed by atoms with Crippen molar-refractivity contribution in [1.82, 2.24) is 15.1 Å². The third-order valence-corrected chi connectivity index (χ3v) is 4.55. The third kappa shape index (κ3) is 6.35. The number of nitrogen functional groups attached to an aromatic ring is 1. The molecule has 1 amide bonds. The van der Waals surface area contributed by atoms with Crippen LogP contribution in [0.3, 0.4) is 0 Å². The fraction of sp³-hybridized carbons (Fsp3) is 0.278. The van der Waals surface area contributed by atoms with Crippen molar-refractivity contribution in [2.75, 3.05) is 19.3 Å². The van der Waals surface area contributed by atoms with Gasteiger partial charge in [-0.2, -0.15) is 23.5 Å². The van der Waals surface area contributed by atoms with E-state index in [2.05, 4.69) is 10.2 Å². The molecule has 0 spiro atoms. The highest BCUT2D eigenvalue weighted by Crippen LogP contribution is 2.36. The summed E-state index contributed by atoms with van der Waals surface area (Å²) in [5.41, 5.74) is 2.82. The highest BCUT2D eigenvalue weighted by Gasteiger charge is 2.28. The lowest BCUT2D eigenvalue weighted by Gasteiger charge is -2.14. The maximum absolute atomic E-state index is 12.3. The van der Waals surface area contributed by atoms with Gasteiger partial charge in [0.15, 0.2) is 5.82 Å². The standard InChI is InChI=1S/C18H18F3N5OS/c1-26(10-2-3-15-14(11-22)17(23)25-24-15)16(27)9-6-12-4-7-13(8-5-12)28-18(19,20)21/h4-9H,2-3,10H2,1H3,(H3,23,24,25)/b9-6+. The lowest BCUT2D eigenvalue weighted by atomic mass is 10.1. The van der Waals surface area contributed by atoms with E-state index < -0.39 is 5.51 Å². The quantitative estimate of drug-likeness (QED) is 0.538. The Labute approximate surface area is 164 Å². The van der Waals surface area contributed by atoms with E-state index >= 15 is 0 Å². The lowest BCUT2D eigenvalue weighted by molar-refractivity contribution is -0.124. The first kappa shape index (κ1) is 21.4. The molecule has 3 N–H and O–H groups in total. The minimum absolute atomic E-state index is 0.0873. The van der Waals surface area contributed by atoms with Gasteiger partial charge in [-0.3, -0.25) is 9.89 Å². The Balaban J connectivity index is 1.83. The highest BCUT2D eigenvalue weighted by molar-refractivity contribution is 8.00. The Hall–Kier alpha value is -2.93. The SMILES string of the molecule is CN(CCCc1[nH]nc(N)c1C#N)C(=O)/C=C/c1ccc(SC(F)(F)F)cc1. The van der Waals surface area contributed by atoms with Crippen LogP contribution in [0.15, 0.2) is 35.2 Å². The summed E-state index contributed by atoms with van der Waals surface area (Å²) >= 11 is -0.184. The molecule has 1 aromatic carbocycles. The molecule has 0 saturated carbocycles. The molecule has 6 nitrogen and oxygen atoms in total. The van der Waals surface area contributed by atoms with Crippen molar-refractivity contribution in [1.29, 1.82) is 5.26 Å². The Bertz CT molecular complexity index is 884. The van der Waals surface area contributed by atoms with Gasteiger partial charge >= 0.3 is 5.51 Å². The molecule has 0 aliphatic carbocycles. The predicted molar refractivity (Wildman–Crippen MR) is 101 cm³/mol. The van der Waals surface area contributed by atoms with Crippen LogP contribution < -0.4 is 5.73 Å². The molecule has 2 aromatic rings. The number of aromatic nitrogens is 2. The molecular formula is C18H18F3N5OS. The number of aryl methyl sites for hydroxylation is 1. The summed E-state index contributed by atoms with van der Waals surface area (Å²) in [6, 6.07) is 7.73. The van der Waals surface area contributed by atoms with E-state index in [0.29, 0.717) is 36.2 Å². The molecule has 0 fully saturated rings. The monoisotopic (exact) mass is 409 g/mol. The number of aromatic amines is 1. The number of H-pyrrole nitrogens is 1. The molecule has 0 aliphatic rings. The van der Waals surface area contributed by atoms with Crippen molar-refractivity contribution in [3.05, 3.63) is 47.2 Å². The van der Waals surface area contributed by atoms with Gasteiger partial charge < -0.3 is 10.6 Å². The van der Waals surface area contributed by atoms with Gasteiger partial charge in [0.1, 0.15) is 11.6 Å². The number of alkyl halides is 3. The number of rotatable bonds is 7. The second-order valence-corrected chi connectivity index (χ2v) is 7.03. The number of nitrogens with zero attached hydrogens (tertiary/aromatic N) is 3. The van der Waals surface area contributed by atoms with E-state index in [4.69, 9.17) is 11.0 Å². The van der Waals surface area contributed by atoms with Crippen LogP contribution in [0.25, 0.3) is 6.08 Å². The summed E-state index contributed by atoms with van der Waals surface area (Å²) in [5, 5.41) is 15.5. The maximum Gasteiger partial charge on any atom is 0.446 e. The predicted octanol–water partition coefficient (Wildman–Crippen LogP) is 3.58. The first-order valence-corrected chi connectivity index (χ1v) is 9.03. The number of benzene rings is 1. The van der Waals surface area contributed by atoms with E-state index in [1.807, 2.05) is 6.07 Å². The second kappa shape index (κ2) is 9.32. The number of carbonyl (C=O) groups is 1. The summed E-state index contributed by atoms with van der Waals surface area (Å²) in [4.78, 5) is 13.7. The molecule has 1 heterocycles. The third-order valence-electron chi connectivity index (χ3n) is 3.81. The molecule has 0 atom stereocenters. The van der Waals surface area contributed by atoms with Gasteiger partial charge in [-0.1, -0.05) is 12.1 Å². The number of hydrogen-bond acceptors (Lipinski definition) is 5. The number of thioether (sulfide) groups is 1. The number of likely N-dealkylation sites (N-methyl/N-ethyl adjacent to an activating group) is 1. The normalized spacial score (nSPS) is 11.5. The van der Waals surface area contributed by atoms with E-state index in [1.54, 1.807) is 13.1 Å². The Morgan fingerprint density at radius 2 is 2.07 bits per heavy atom. The molecule has 148 valence electrons. The van der Waals surface area contributed by atoms with Gasteiger partial charge in [0.05, 0.1) is 5.69 Å². The Morgan fingerprint density at radius 3 is 2.68 bits per heavy atom. The summed E-state index contributed by atoms with van der Waals surface area (Å²) in [6.07, 6.45) is 4.04. The summed E-state index contributed by atoms with van der Waals surface area (Å²) in [5.74, 6) is -0.0807. The number of nitrogens with two attached hydrogens (primary N) is 1. The van der Waals surface area contributed by atoms with Gasteiger partial charge in [0.25, 0.3) is 0 Å². The molecule has 0 radical (unpaired) electrons. The van der Waals surface area contributed by atoms with Crippen molar-refractivity contribution in [3.63, 3.8) is 0 Å². The van der Waals surface area contributed by atoms with Crippen LogP contribution in [-0.2, 0) is 11.2 Å². The van der Waals surface area contributed by atoms with Crippen molar-refractivity contribution in [3.8, 4) is 6.07 Å². The average Bonchev–Trinajstić information content (AvgIpc) is 2.99. The smallest absolute Gasteiger partial charge is 0.381 e. The number of nitriles is 1. The summed E-state index contributed by atoms with van der Waals surface area (Å²) in [6.45, 7) is 0.453. The van der Waals surface area contributed by atoms with Crippen LogP contribution in [0.4, 0.5) is 19.0 Å². The van der Waals surface area contributed by atoms with Crippen molar-refractivity contribution >= 4 is 29.6 Å². The van der Waals surface area contributed by atoms with E-state index in [-0.39, 0.29) is 28.4 Å². The van der Waals surface area contributed by atoms with Crippen molar-refractivity contribution < 1.29 is 18.0 Å². The summed E-state index contributed by atoms with van der Waals surface area (Å²) in [7, 11) is 1.64. The zero-order valence-corrected chi connectivity index (χ0v) is 15.8. The molecule has 0 saturated heterocycles. The van der Waals surface area contributed by atoms with Crippen LogP contribution in [0.5, 0.6) is 0 Å². The topological polar surface area (TPSA) is 98.8 Å². The number of nitrogens with one attached hydrogen (secondary N) is 1. The fourth-order valence-corrected chi connectivity index (χ4v) is 2.92. The molecular weight excluding hydrogens is 391 g/mol.